The summed E-state index contributed by atoms with van der Waals surface area (Å²) in [6, 6.07) is 2.94. The number of carbonyl (C=O) groups is 1. The number of hydrogen-bond donors (Lipinski definition) is 1. The van der Waals surface area contributed by atoms with E-state index in [1.165, 1.54) is 6.07 Å². The summed E-state index contributed by atoms with van der Waals surface area (Å²) in [7, 11) is 0. The molecule has 0 bridgehead atoms. The highest BCUT2D eigenvalue weighted by molar-refractivity contribution is 9.10. The van der Waals surface area contributed by atoms with Crippen LogP contribution in [0.3, 0.4) is 0 Å². The first-order chi connectivity index (χ1) is 10.6. The van der Waals surface area contributed by atoms with E-state index >= 15 is 0 Å². The van der Waals surface area contributed by atoms with E-state index in [1.807, 2.05) is 0 Å². The molecule has 7 heteroatoms. The van der Waals surface area contributed by atoms with E-state index in [1.54, 1.807) is 11.0 Å². The summed E-state index contributed by atoms with van der Waals surface area (Å²) in [6.45, 7) is 1.59. The summed E-state index contributed by atoms with van der Waals surface area (Å²) in [5, 5.41) is 0.588. The van der Waals surface area contributed by atoms with Crippen molar-refractivity contribution >= 4 is 38.4 Å². The zero-order valence-electron chi connectivity index (χ0n) is 11.6. The van der Waals surface area contributed by atoms with Crippen LogP contribution in [-0.4, -0.2) is 35.0 Å². The molecule has 4 rings (SSSR count). The number of pyridine rings is 1. The second-order valence-electron chi connectivity index (χ2n) is 5.56. The number of nitrogens with zero attached hydrogens (tertiary/aromatic N) is 2. The van der Waals surface area contributed by atoms with Crippen molar-refractivity contribution in [2.75, 3.05) is 18.9 Å². The third-order valence-electron chi connectivity index (χ3n) is 4.31. The normalized spacial score (nSPS) is 20.9. The second kappa shape index (κ2) is 4.89. The van der Waals surface area contributed by atoms with Gasteiger partial charge in [0, 0.05) is 12.0 Å². The van der Waals surface area contributed by atoms with E-state index in [0.29, 0.717) is 47.6 Å². The van der Waals surface area contributed by atoms with Crippen molar-refractivity contribution in [3.05, 3.63) is 33.7 Å². The predicted octanol–water partition coefficient (Wildman–Crippen LogP) is 2.46. The van der Waals surface area contributed by atoms with Gasteiger partial charge in [0.05, 0.1) is 46.1 Å². The molecule has 5 nitrogen and oxygen atoms in total. The fourth-order valence-electron chi connectivity index (χ4n) is 3.14. The van der Waals surface area contributed by atoms with E-state index in [9.17, 15) is 9.18 Å². The van der Waals surface area contributed by atoms with Gasteiger partial charge < -0.3 is 15.4 Å². The summed E-state index contributed by atoms with van der Waals surface area (Å²) >= 11 is 3.21. The van der Waals surface area contributed by atoms with Crippen molar-refractivity contribution < 1.29 is 13.9 Å². The molecule has 2 aliphatic heterocycles. The lowest BCUT2D eigenvalue weighted by Gasteiger charge is -2.21. The Kier molecular flexibility index (Phi) is 3.09. The lowest BCUT2D eigenvalue weighted by atomic mass is 10.1. The Hall–Kier alpha value is -1.73. The molecule has 1 amide bonds. The Labute approximate surface area is 134 Å². The number of anilines is 1. The highest BCUT2D eigenvalue weighted by Gasteiger charge is 2.37. The van der Waals surface area contributed by atoms with Gasteiger partial charge in [-0.15, -0.1) is 0 Å². The van der Waals surface area contributed by atoms with Crippen molar-refractivity contribution in [3.8, 4) is 0 Å². The minimum Gasteiger partial charge on any atom is -0.397 e. The first-order valence-corrected chi connectivity index (χ1v) is 7.82. The van der Waals surface area contributed by atoms with Crippen LogP contribution >= 0.6 is 15.9 Å². The van der Waals surface area contributed by atoms with Crippen LogP contribution in [0.4, 0.5) is 10.1 Å². The third-order valence-corrected chi connectivity index (χ3v) is 5.06. The van der Waals surface area contributed by atoms with Gasteiger partial charge in [-0.1, -0.05) is 0 Å². The molecule has 0 radical (unpaired) electrons. The van der Waals surface area contributed by atoms with Crippen LogP contribution in [0.5, 0.6) is 0 Å². The summed E-state index contributed by atoms with van der Waals surface area (Å²) < 4.78 is 19.3. The van der Waals surface area contributed by atoms with Crippen molar-refractivity contribution in [1.82, 2.24) is 9.88 Å². The summed E-state index contributed by atoms with van der Waals surface area (Å²) in [4.78, 5) is 18.9. The monoisotopic (exact) mass is 365 g/mol. The van der Waals surface area contributed by atoms with Gasteiger partial charge >= 0.3 is 0 Å². The molecule has 0 saturated carbocycles. The lowest BCUT2D eigenvalue weighted by Crippen LogP contribution is -2.35. The summed E-state index contributed by atoms with van der Waals surface area (Å²) in [6.07, 6.45) is 0.817. The van der Waals surface area contributed by atoms with Crippen LogP contribution in [0, 0.1) is 5.82 Å². The highest BCUT2D eigenvalue weighted by atomic mass is 79.9. The maximum Gasteiger partial charge on any atom is 0.258 e. The van der Waals surface area contributed by atoms with Crippen LogP contribution < -0.4 is 5.73 Å². The van der Waals surface area contributed by atoms with Crippen LogP contribution in [-0.2, 0) is 11.3 Å². The van der Waals surface area contributed by atoms with Gasteiger partial charge in [0.1, 0.15) is 5.82 Å². The van der Waals surface area contributed by atoms with E-state index < -0.39 is 5.82 Å². The second-order valence-corrected chi connectivity index (χ2v) is 6.35. The largest absolute Gasteiger partial charge is 0.397 e. The van der Waals surface area contributed by atoms with E-state index in [0.717, 1.165) is 6.42 Å². The van der Waals surface area contributed by atoms with Crippen LogP contribution in [0.1, 0.15) is 22.5 Å². The van der Waals surface area contributed by atoms with Gasteiger partial charge in [-0.2, -0.15) is 0 Å². The maximum atomic E-state index is 13.7. The molecule has 1 saturated heterocycles. The van der Waals surface area contributed by atoms with Gasteiger partial charge in [-0.05, 0) is 34.5 Å². The van der Waals surface area contributed by atoms with Crippen molar-refractivity contribution in [2.24, 2.45) is 0 Å². The number of hydrogen-bond acceptors (Lipinski definition) is 4. The molecule has 1 atom stereocenters. The molecule has 1 fully saturated rings. The molecule has 0 aliphatic carbocycles. The van der Waals surface area contributed by atoms with Gasteiger partial charge in [0.25, 0.3) is 5.91 Å². The summed E-state index contributed by atoms with van der Waals surface area (Å²) in [5.74, 6) is -0.512. The van der Waals surface area contributed by atoms with Crippen LogP contribution in [0.15, 0.2) is 16.6 Å². The molecular weight excluding hydrogens is 353 g/mol. The molecule has 22 heavy (non-hydrogen) atoms. The molecular formula is C15H13BrFN3O2. The first-order valence-electron chi connectivity index (χ1n) is 7.02. The fourth-order valence-corrected chi connectivity index (χ4v) is 3.57. The highest BCUT2D eigenvalue weighted by Crippen LogP contribution is 2.37. The van der Waals surface area contributed by atoms with Gasteiger partial charge in [-0.25, -0.2) is 9.37 Å². The maximum absolute atomic E-state index is 13.7. The number of carbonyl (C=O) groups excluding carboxylic acids is 1. The summed E-state index contributed by atoms with van der Waals surface area (Å²) in [5.41, 5.74) is 8.05. The minimum atomic E-state index is -0.398. The molecule has 0 spiro atoms. The molecule has 3 heterocycles. The van der Waals surface area contributed by atoms with Gasteiger partial charge in [0.2, 0.25) is 0 Å². The molecule has 114 valence electrons. The Morgan fingerprint density at radius 2 is 2.27 bits per heavy atom. The zero-order chi connectivity index (χ0) is 15.4. The molecule has 2 aliphatic rings. The number of rotatable bonds is 1. The van der Waals surface area contributed by atoms with E-state index in [4.69, 9.17) is 10.5 Å². The molecule has 1 aromatic carbocycles. The van der Waals surface area contributed by atoms with Crippen molar-refractivity contribution in [1.29, 1.82) is 0 Å². The standard InChI is InChI=1S/C15H13BrFN3O2/c16-12-9(17)2-1-8-13(18)11-10(19-14(8)12)5-20(15(11)21)7-3-4-22-6-7/h1-2,7H,3-6H2,(H2,18,19)/t7-/m0/s1. The SMILES string of the molecule is Nc1c2c(nc3c(Br)c(F)ccc13)CN([C@H]1CCOC1)C2=O. The van der Waals surface area contributed by atoms with Crippen LogP contribution in [0.2, 0.25) is 0 Å². The smallest absolute Gasteiger partial charge is 0.258 e. The van der Waals surface area contributed by atoms with Gasteiger partial charge in [-0.3, -0.25) is 4.79 Å². The number of fused-ring (bicyclic) bond motifs is 2. The van der Waals surface area contributed by atoms with E-state index in [2.05, 4.69) is 20.9 Å². The number of nitrogens with two attached hydrogens (primary N) is 1. The lowest BCUT2D eigenvalue weighted by molar-refractivity contribution is 0.0679. The molecule has 0 unspecified atom stereocenters. The Morgan fingerprint density at radius 3 is 3.00 bits per heavy atom. The van der Waals surface area contributed by atoms with Crippen molar-refractivity contribution in [2.45, 2.75) is 19.0 Å². The molecule has 2 aromatic rings. The topological polar surface area (TPSA) is 68.4 Å². The van der Waals surface area contributed by atoms with Gasteiger partial charge in [0.15, 0.2) is 0 Å². The minimum absolute atomic E-state index is 0.0596. The van der Waals surface area contributed by atoms with Crippen molar-refractivity contribution in [3.63, 3.8) is 0 Å². The average Bonchev–Trinajstić information content (AvgIpc) is 3.12. The Morgan fingerprint density at radius 1 is 1.45 bits per heavy atom. The first kappa shape index (κ1) is 13.9. The number of aromatic nitrogens is 1. The number of benzene rings is 1. The quantitative estimate of drug-likeness (QED) is 0.842. The molecule has 1 aromatic heterocycles. The number of amides is 1. The zero-order valence-corrected chi connectivity index (χ0v) is 13.2. The number of nitrogen functional groups attached to an aromatic ring is 1. The Bertz CT molecular complexity index is 805. The third kappa shape index (κ3) is 1.85. The van der Waals surface area contributed by atoms with E-state index in [-0.39, 0.29) is 16.4 Å². The molecule has 2 N–H and O–H groups in total. The Balaban J connectivity index is 1.88. The predicted molar refractivity (Wildman–Crippen MR) is 82.9 cm³/mol. The fraction of sp³-hybridized carbons (Fsp3) is 0.333. The number of halogens is 2. The van der Waals surface area contributed by atoms with Crippen LogP contribution in [0.25, 0.3) is 10.9 Å². The average molecular weight is 366 g/mol. The number of ether oxygens (including phenoxy) is 1.